The summed E-state index contributed by atoms with van der Waals surface area (Å²) in [7, 11) is 1.27. The Morgan fingerprint density at radius 3 is 2.53 bits per heavy atom. The second-order valence-electron chi connectivity index (χ2n) is 7.75. The molecule has 1 atom stereocenters. The monoisotopic (exact) mass is 494 g/mol. The first-order valence-electron chi connectivity index (χ1n) is 10.7. The van der Waals surface area contributed by atoms with Gasteiger partial charge in [0, 0.05) is 17.8 Å². The van der Waals surface area contributed by atoms with E-state index in [9.17, 15) is 14.4 Å². The van der Waals surface area contributed by atoms with Crippen molar-refractivity contribution in [1.82, 2.24) is 4.90 Å². The average molecular weight is 495 g/mol. The smallest absolute Gasteiger partial charge is 0.339 e. The van der Waals surface area contributed by atoms with Crippen LogP contribution in [0.2, 0.25) is 5.02 Å². The first-order chi connectivity index (χ1) is 16.5. The number of hydrogen-bond donors (Lipinski definition) is 1. The summed E-state index contributed by atoms with van der Waals surface area (Å²) in [4.78, 5) is 38.9. The van der Waals surface area contributed by atoms with Gasteiger partial charge in [-0.3, -0.25) is 9.59 Å². The van der Waals surface area contributed by atoms with Crippen LogP contribution < -0.4 is 5.32 Å². The lowest BCUT2D eigenvalue weighted by atomic mass is 10.1. The third-order valence-electron chi connectivity index (χ3n) is 5.54. The highest BCUT2D eigenvalue weighted by molar-refractivity contribution is 8.00. The maximum absolute atomic E-state index is 12.7. The Morgan fingerprint density at radius 2 is 1.82 bits per heavy atom. The molecule has 1 fully saturated rings. The minimum absolute atomic E-state index is 0.0767. The van der Waals surface area contributed by atoms with Crippen molar-refractivity contribution in [2.45, 2.75) is 11.8 Å². The largest absolute Gasteiger partial charge is 0.465 e. The molecule has 174 valence electrons. The number of halogens is 1. The van der Waals surface area contributed by atoms with E-state index in [1.54, 1.807) is 30.0 Å². The van der Waals surface area contributed by atoms with Crippen LogP contribution in [0.5, 0.6) is 0 Å². The summed E-state index contributed by atoms with van der Waals surface area (Å²) in [5.74, 6) is -0.329. The lowest BCUT2D eigenvalue weighted by Gasteiger charge is -2.24. The SMILES string of the molecule is COC(=O)c1cc(NC(=O)c2ccc([C@@H]3SCC(=O)N3CCc3ccccc3)cc2)ccc1Cl. The molecule has 1 saturated heterocycles. The maximum Gasteiger partial charge on any atom is 0.339 e. The highest BCUT2D eigenvalue weighted by Gasteiger charge is 2.32. The van der Waals surface area contributed by atoms with Gasteiger partial charge in [0.15, 0.2) is 0 Å². The van der Waals surface area contributed by atoms with Gasteiger partial charge in [0.1, 0.15) is 5.37 Å². The Balaban J connectivity index is 1.43. The molecule has 0 unspecified atom stereocenters. The number of thioether (sulfide) groups is 1. The molecule has 34 heavy (non-hydrogen) atoms. The van der Waals surface area contributed by atoms with Crippen LogP contribution in [0.15, 0.2) is 72.8 Å². The van der Waals surface area contributed by atoms with Crippen molar-refractivity contribution >= 4 is 46.8 Å². The summed E-state index contributed by atoms with van der Waals surface area (Å²) in [6, 6.07) is 22.0. The van der Waals surface area contributed by atoms with Crippen molar-refractivity contribution in [1.29, 1.82) is 0 Å². The Hall–Kier alpha value is -3.29. The molecule has 6 nitrogen and oxygen atoms in total. The van der Waals surface area contributed by atoms with Crippen LogP contribution in [0.1, 0.15) is 37.2 Å². The summed E-state index contributed by atoms with van der Waals surface area (Å²) < 4.78 is 4.72. The van der Waals surface area contributed by atoms with E-state index in [1.165, 1.54) is 24.8 Å². The zero-order chi connectivity index (χ0) is 24.1. The molecule has 0 saturated carbocycles. The fraction of sp³-hybridized carbons (Fsp3) is 0.192. The van der Waals surface area contributed by atoms with Crippen LogP contribution in [0.25, 0.3) is 0 Å². The van der Waals surface area contributed by atoms with Gasteiger partial charge < -0.3 is 15.0 Å². The second-order valence-corrected chi connectivity index (χ2v) is 9.22. The third-order valence-corrected chi connectivity index (χ3v) is 7.13. The summed E-state index contributed by atoms with van der Waals surface area (Å²) in [6.07, 6.45) is 0.790. The van der Waals surface area contributed by atoms with Gasteiger partial charge in [0.2, 0.25) is 5.91 Å². The number of esters is 1. The van der Waals surface area contributed by atoms with E-state index >= 15 is 0 Å². The standard InChI is InChI=1S/C26H23ClN2O4S/c1-33-26(32)21-15-20(11-12-22(21)27)28-24(31)18-7-9-19(10-8-18)25-29(23(30)16-34-25)14-13-17-5-3-2-4-6-17/h2-12,15,25H,13-14,16H2,1H3,(H,28,31)/t25-/m0/s1. The van der Waals surface area contributed by atoms with Crippen LogP contribution in [-0.2, 0) is 16.0 Å². The first-order valence-corrected chi connectivity index (χ1v) is 12.1. The van der Waals surface area contributed by atoms with E-state index in [1.807, 2.05) is 35.2 Å². The minimum Gasteiger partial charge on any atom is -0.465 e. The van der Waals surface area contributed by atoms with E-state index in [0.29, 0.717) is 23.5 Å². The first kappa shape index (κ1) is 23.9. The number of ether oxygens (including phenoxy) is 1. The third kappa shape index (κ3) is 5.43. The van der Waals surface area contributed by atoms with Crippen molar-refractivity contribution < 1.29 is 19.1 Å². The Kier molecular flexibility index (Phi) is 7.55. The summed E-state index contributed by atoms with van der Waals surface area (Å²) in [5.41, 5.74) is 3.23. The molecule has 0 aliphatic carbocycles. The molecule has 1 aliphatic rings. The van der Waals surface area contributed by atoms with Crippen molar-refractivity contribution in [3.63, 3.8) is 0 Å². The zero-order valence-electron chi connectivity index (χ0n) is 18.5. The van der Waals surface area contributed by atoms with E-state index in [0.717, 1.165) is 12.0 Å². The van der Waals surface area contributed by atoms with Gasteiger partial charge in [-0.25, -0.2) is 4.79 Å². The molecular formula is C26H23ClN2O4S. The molecule has 0 aromatic heterocycles. The van der Waals surface area contributed by atoms with Crippen molar-refractivity contribution in [2.24, 2.45) is 0 Å². The van der Waals surface area contributed by atoms with Gasteiger partial charge in [-0.05, 0) is 47.9 Å². The molecule has 0 radical (unpaired) electrons. The predicted molar refractivity (Wildman–Crippen MR) is 134 cm³/mol. The number of amides is 2. The number of anilines is 1. The Labute approximate surface area is 207 Å². The fourth-order valence-corrected chi connectivity index (χ4v) is 5.15. The highest BCUT2D eigenvalue weighted by atomic mass is 35.5. The molecule has 3 aromatic rings. The number of carbonyl (C=O) groups is 3. The molecule has 1 heterocycles. The molecule has 0 spiro atoms. The van der Waals surface area contributed by atoms with Crippen molar-refractivity contribution in [2.75, 3.05) is 24.7 Å². The van der Waals surface area contributed by atoms with Crippen molar-refractivity contribution in [3.8, 4) is 0 Å². The van der Waals surface area contributed by atoms with E-state index < -0.39 is 5.97 Å². The van der Waals surface area contributed by atoms with Gasteiger partial charge in [-0.1, -0.05) is 54.1 Å². The molecule has 1 aliphatic heterocycles. The molecule has 8 heteroatoms. The molecule has 1 N–H and O–H groups in total. The van der Waals surface area contributed by atoms with Crippen molar-refractivity contribution in [3.05, 3.63) is 100 Å². The number of nitrogens with one attached hydrogen (secondary N) is 1. The van der Waals surface area contributed by atoms with Crippen LogP contribution in [-0.4, -0.2) is 42.1 Å². The molecular weight excluding hydrogens is 472 g/mol. The van der Waals surface area contributed by atoms with Gasteiger partial charge in [-0.2, -0.15) is 0 Å². The minimum atomic E-state index is -0.578. The number of benzene rings is 3. The number of nitrogens with zero attached hydrogens (tertiary/aromatic N) is 1. The van der Waals surface area contributed by atoms with Crippen LogP contribution in [0.4, 0.5) is 5.69 Å². The molecule has 2 amide bonds. The van der Waals surface area contributed by atoms with Crippen LogP contribution in [0.3, 0.4) is 0 Å². The molecule has 3 aromatic carbocycles. The number of rotatable bonds is 7. The summed E-state index contributed by atoms with van der Waals surface area (Å²) in [6.45, 7) is 0.641. The fourth-order valence-electron chi connectivity index (χ4n) is 3.74. The molecule has 4 rings (SSSR count). The molecule has 0 bridgehead atoms. The second kappa shape index (κ2) is 10.8. The van der Waals surface area contributed by atoms with Gasteiger partial charge in [0.05, 0.1) is 23.4 Å². The Morgan fingerprint density at radius 1 is 1.09 bits per heavy atom. The number of hydrogen-bond acceptors (Lipinski definition) is 5. The lowest BCUT2D eigenvalue weighted by molar-refractivity contribution is -0.128. The maximum atomic E-state index is 12.7. The number of carbonyl (C=O) groups excluding carboxylic acids is 3. The predicted octanol–water partition coefficient (Wildman–Crippen LogP) is 5.20. The lowest BCUT2D eigenvalue weighted by Crippen LogP contribution is -2.30. The number of methoxy groups -OCH3 is 1. The highest BCUT2D eigenvalue weighted by Crippen LogP contribution is 2.38. The summed E-state index contributed by atoms with van der Waals surface area (Å²) in [5, 5.41) is 2.94. The van der Waals surface area contributed by atoms with Crippen LogP contribution >= 0.6 is 23.4 Å². The van der Waals surface area contributed by atoms with Gasteiger partial charge >= 0.3 is 5.97 Å². The van der Waals surface area contributed by atoms with E-state index in [-0.39, 0.29) is 27.8 Å². The quantitative estimate of drug-likeness (QED) is 0.457. The van der Waals surface area contributed by atoms with Gasteiger partial charge in [-0.15, -0.1) is 11.8 Å². The topological polar surface area (TPSA) is 75.7 Å². The average Bonchev–Trinajstić information content (AvgIpc) is 3.24. The van der Waals surface area contributed by atoms with Gasteiger partial charge in [0.25, 0.3) is 5.91 Å². The van der Waals surface area contributed by atoms with E-state index in [2.05, 4.69) is 17.4 Å². The summed E-state index contributed by atoms with van der Waals surface area (Å²) >= 11 is 7.63. The van der Waals surface area contributed by atoms with Crippen LogP contribution in [0, 0.1) is 0 Å². The normalized spacial score (nSPS) is 15.3. The zero-order valence-corrected chi connectivity index (χ0v) is 20.1. The Bertz CT molecular complexity index is 1200. The van der Waals surface area contributed by atoms with E-state index in [4.69, 9.17) is 16.3 Å².